The quantitative estimate of drug-likeness (QED) is 0.177. The number of H-pyrrole nitrogens is 2. The number of carbonyl (C=O) groups is 6. The van der Waals surface area contributed by atoms with E-state index in [0.717, 1.165) is 27.3 Å². The van der Waals surface area contributed by atoms with Gasteiger partial charge in [-0.3, -0.25) is 28.8 Å². The molecule has 8 nitrogen and oxygen atoms in total. The van der Waals surface area contributed by atoms with Crippen LogP contribution in [0.5, 0.6) is 0 Å². The van der Waals surface area contributed by atoms with Crippen molar-refractivity contribution in [3.05, 3.63) is 140 Å². The van der Waals surface area contributed by atoms with Crippen molar-refractivity contribution in [1.82, 2.24) is 9.97 Å². The number of nitrogens with one attached hydrogen (secondary N) is 2. The topological polar surface area (TPSA) is 134 Å². The van der Waals surface area contributed by atoms with Crippen molar-refractivity contribution in [1.29, 1.82) is 0 Å². The molecule has 0 amide bonds. The maximum absolute atomic E-state index is 14.4. The van der Waals surface area contributed by atoms with Crippen LogP contribution in [-0.4, -0.2) is 44.7 Å². The first kappa shape index (κ1) is 27.2. The van der Waals surface area contributed by atoms with Gasteiger partial charge in [-0.15, -0.1) is 0 Å². The van der Waals surface area contributed by atoms with E-state index in [1.165, 1.54) is 0 Å². The van der Waals surface area contributed by atoms with E-state index < -0.39 is 0 Å². The van der Waals surface area contributed by atoms with Gasteiger partial charge in [0, 0.05) is 62.2 Å². The van der Waals surface area contributed by atoms with Gasteiger partial charge in [0.1, 0.15) is 0 Å². The number of Topliss-reactive ketones (excluding diaryl/α,β-unsaturated/α-hetero) is 3. The van der Waals surface area contributed by atoms with E-state index in [-0.39, 0.29) is 102 Å². The largest absolute Gasteiger partial charge is 0.353 e. The number of fused-ring (bicyclic) bond motifs is 16. The third-order valence-corrected chi connectivity index (χ3v) is 10.8. The summed E-state index contributed by atoms with van der Waals surface area (Å²) in [4.78, 5) is 90.0. The van der Waals surface area contributed by atoms with E-state index in [4.69, 9.17) is 0 Å². The SMILES string of the molecule is O=C1C=Cc2cc3c(ccc4c3[nH]c3c5c(c6[nH]c7c(c6c34)C(=O)CC3=C7C(=O)c4ccccc4C3=O)C(=O)c3ccccc3C5=O)cc2C1. The number of rotatable bonds is 0. The number of hydrogen-bond acceptors (Lipinski definition) is 6. The highest BCUT2D eigenvalue weighted by atomic mass is 16.2. The van der Waals surface area contributed by atoms with Crippen LogP contribution in [0.1, 0.15) is 86.2 Å². The molecule has 0 saturated heterocycles. The molecule has 0 unspecified atom stereocenters. The zero-order chi connectivity index (χ0) is 33.7. The van der Waals surface area contributed by atoms with E-state index >= 15 is 0 Å². The Labute approximate surface area is 281 Å². The average molecular weight is 649 g/mol. The summed E-state index contributed by atoms with van der Waals surface area (Å²) in [6, 6.07) is 21.1. The Hall–Kier alpha value is -6.80. The Bertz CT molecular complexity index is 3040. The molecule has 4 aliphatic carbocycles. The highest BCUT2D eigenvalue weighted by molar-refractivity contribution is 6.46. The standard InChI is InChI=1S/C42H20N2O6/c45-20-11-9-17-15-26-18(13-19(17)14-20)10-12-25-29-32-31-28(46)16-27-30(40(48)22-6-2-1-5-21(22)39(27)47)37(31)44-38(32)34-33(36(29)43-35(25)26)41(49)23-7-3-4-8-24(23)42(34)50/h1-13,15,43-44H,14,16H2. The number of aromatic nitrogens is 2. The van der Waals surface area contributed by atoms with Gasteiger partial charge in [-0.05, 0) is 28.7 Å². The maximum atomic E-state index is 14.4. The molecule has 50 heavy (non-hydrogen) atoms. The predicted molar refractivity (Wildman–Crippen MR) is 187 cm³/mol. The lowest BCUT2D eigenvalue weighted by Gasteiger charge is -2.24. The third kappa shape index (κ3) is 3.16. The summed E-state index contributed by atoms with van der Waals surface area (Å²) in [5.74, 6) is -1.81. The third-order valence-electron chi connectivity index (χ3n) is 10.8. The monoisotopic (exact) mass is 648 g/mol. The minimum Gasteiger partial charge on any atom is -0.353 e. The second kappa shape index (κ2) is 9.00. The van der Waals surface area contributed by atoms with Crippen LogP contribution >= 0.6 is 0 Å². The van der Waals surface area contributed by atoms with E-state index in [1.807, 2.05) is 24.3 Å². The second-order valence-electron chi connectivity index (χ2n) is 13.3. The molecule has 5 aromatic carbocycles. The zero-order valence-electron chi connectivity index (χ0n) is 25.9. The summed E-state index contributed by atoms with van der Waals surface area (Å²) in [6.07, 6.45) is 3.40. The van der Waals surface area contributed by atoms with Crippen molar-refractivity contribution in [2.24, 2.45) is 0 Å². The molecule has 11 rings (SSSR count). The predicted octanol–water partition coefficient (Wildman–Crippen LogP) is 7.29. The van der Waals surface area contributed by atoms with Gasteiger partial charge < -0.3 is 9.97 Å². The number of aromatic amines is 2. The number of carbonyl (C=O) groups excluding carboxylic acids is 6. The lowest BCUT2D eigenvalue weighted by Crippen LogP contribution is -2.27. The molecule has 0 aliphatic heterocycles. The summed E-state index contributed by atoms with van der Waals surface area (Å²) >= 11 is 0. The summed E-state index contributed by atoms with van der Waals surface area (Å²) in [7, 11) is 0. The number of ketones is 6. The van der Waals surface area contributed by atoms with Crippen LogP contribution in [0.3, 0.4) is 0 Å². The van der Waals surface area contributed by atoms with Gasteiger partial charge in [0.25, 0.3) is 0 Å². The van der Waals surface area contributed by atoms with Crippen LogP contribution < -0.4 is 0 Å². The van der Waals surface area contributed by atoms with E-state index in [0.29, 0.717) is 28.2 Å². The summed E-state index contributed by atoms with van der Waals surface area (Å²) in [5.41, 5.74) is 5.20. The van der Waals surface area contributed by atoms with Gasteiger partial charge in [-0.1, -0.05) is 72.8 Å². The Balaban J connectivity index is 1.32. The van der Waals surface area contributed by atoms with Crippen molar-refractivity contribution in [3.8, 4) is 0 Å². The Morgan fingerprint density at radius 1 is 0.520 bits per heavy atom. The van der Waals surface area contributed by atoms with Crippen molar-refractivity contribution in [2.45, 2.75) is 12.8 Å². The number of allylic oxidation sites excluding steroid dienone is 3. The molecular weight excluding hydrogens is 628 g/mol. The van der Waals surface area contributed by atoms with Gasteiger partial charge >= 0.3 is 0 Å². The van der Waals surface area contributed by atoms with Crippen molar-refractivity contribution >= 4 is 89.8 Å². The van der Waals surface area contributed by atoms with Crippen LogP contribution in [0.25, 0.3) is 55.1 Å². The Morgan fingerprint density at radius 2 is 1.16 bits per heavy atom. The van der Waals surface area contributed by atoms with Crippen LogP contribution in [0.2, 0.25) is 0 Å². The molecule has 234 valence electrons. The van der Waals surface area contributed by atoms with Gasteiger partial charge in [0.05, 0.1) is 44.5 Å². The molecular formula is C42H20N2O6. The summed E-state index contributed by atoms with van der Waals surface area (Å²) in [5, 5.41) is 3.46. The van der Waals surface area contributed by atoms with Crippen LogP contribution in [-0.2, 0) is 11.2 Å². The van der Waals surface area contributed by atoms with Crippen molar-refractivity contribution in [3.63, 3.8) is 0 Å². The fourth-order valence-corrected chi connectivity index (χ4v) is 8.65. The smallest absolute Gasteiger partial charge is 0.196 e. The first-order valence-corrected chi connectivity index (χ1v) is 16.3. The molecule has 8 heteroatoms. The Morgan fingerprint density at radius 3 is 1.86 bits per heavy atom. The first-order chi connectivity index (χ1) is 24.3. The lowest BCUT2D eigenvalue weighted by molar-refractivity contribution is -0.114. The minimum atomic E-state index is -0.383. The van der Waals surface area contributed by atoms with Crippen LogP contribution in [0.4, 0.5) is 0 Å². The molecule has 0 bridgehead atoms. The molecule has 0 spiro atoms. The molecule has 7 aromatic rings. The summed E-state index contributed by atoms with van der Waals surface area (Å²) in [6.45, 7) is 0. The van der Waals surface area contributed by atoms with Crippen LogP contribution in [0.15, 0.2) is 84.4 Å². The molecule has 0 fully saturated rings. The zero-order valence-corrected chi connectivity index (χ0v) is 25.9. The van der Waals surface area contributed by atoms with Crippen molar-refractivity contribution in [2.75, 3.05) is 0 Å². The molecule has 2 N–H and O–H groups in total. The molecule has 0 radical (unpaired) electrons. The number of benzene rings is 5. The average Bonchev–Trinajstić information content (AvgIpc) is 3.71. The molecule has 0 saturated carbocycles. The summed E-state index contributed by atoms with van der Waals surface area (Å²) < 4.78 is 0. The first-order valence-electron chi connectivity index (χ1n) is 16.3. The van der Waals surface area contributed by atoms with Gasteiger partial charge in [0.15, 0.2) is 34.7 Å². The molecule has 2 aromatic heterocycles. The lowest BCUT2D eigenvalue weighted by atomic mass is 9.75. The normalized spacial score (nSPS) is 16.3. The molecule has 0 atom stereocenters. The maximum Gasteiger partial charge on any atom is 0.196 e. The van der Waals surface area contributed by atoms with Gasteiger partial charge in [-0.25, -0.2) is 0 Å². The number of hydrogen-bond donors (Lipinski definition) is 2. The highest BCUT2D eigenvalue weighted by Crippen LogP contribution is 2.49. The van der Waals surface area contributed by atoms with E-state index in [9.17, 15) is 28.8 Å². The fourth-order valence-electron chi connectivity index (χ4n) is 8.65. The van der Waals surface area contributed by atoms with Gasteiger partial charge in [-0.2, -0.15) is 0 Å². The van der Waals surface area contributed by atoms with Crippen molar-refractivity contribution < 1.29 is 28.8 Å². The highest BCUT2D eigenvalue weighted by Gasteiger charge is 2.43. The van der Waals surface area contributed by atoms with Gasteiger partial charge in [0.2, 0.25) is 0 Å². The molecule has 4 aliphatic rings. The van der Waals surface area contributed by atoms with E-state index in [1.54, 1.807) is 60.7 Å². The molecule has 2 heterocycles. The van der Waals surface area contributed by atoms with Crippen LogP contribution in [0, 0.1) is 0 Å². The minimum absolute atomic E-state index is 0.0304. The second-order valence-corrected chi connectivity index (χ2v) is 13.3. The fraction of sp³-hybridized carbons (Fsp3) is 0.0476. The van der Waals surface area contributed by atoms with E-state index in [2.05, 4.69) is 9.97 Å². The Kier molecular flexibility index (Phi) is 4.89.